The highest BCUT2D eigenvalue weighted by Gasteiger charge is 2.05. The third kappa shape index (κ3) is 2.12. The highest BCUT2D eigenvalue weighted by atomic mass is 19.1. The minimum atomic E-state index is -0.192. The number of hydrogen-bond donors (Lipinski definition) is 2. The standard InChI is InChI=1S/C12H14FN3/c1-8-3-4-9(5-10(8)13)11-6-15-12(16-11)7-14-2/h3-6,14H,7H2,1-2H3,(H,15,16). The van der Waals surface area contributed by atoms with Crippen molar-refractivity contribution in [3.05, 3.63) is 41.6 Å². The molecule has 0 radical (unpaired) electrons. The number of rotatable bonds is 3. The van der Waals surface area contributed by atoms with Crippen LogP contribution in [-0.4, -0.2) is 17.0 Å². The summed E-state index contributed by atoms with van der Waals surface area (Å²) in [5.74, 6) is 0.653. The van der Waals surface area contributed by atoms with Crippen LogP contribution >= 0.6 is 0 Å². The molecule has 84 valence electrons. The summed E-state index contributed by atoms with van der Waals surface area (Å²) in [4.78, 5) is 7.33. The Bertz CT molecular complexity index is 491. The normalized spacial score (nSPS) is 10.7. The van der Waals surface area contributed by atoms with Crippen molar-refractivity contribution >= 4 is 0 Å². The maximum absolute atomic E-state index is 13.4. The van der Waals surface area contributed by atoms with Gasteiger partial charge in [0.15, 0.2) is 0 Å². The number of nitrogens with one attached hydrogen (secondary N) is 2. The summed E-state index contributed by atoms with van der Waals surface area (Å²) in [6, 6.07) is 5.17. The van der Waals surface area contributed by atoms with Gasteiger partial charge in [0.2, 0.25) is 0 Å². The van der Waals surface area contributed by atoms with E-state index in [2.05, 4.69) is 15.3 Å². The molecule has 2 rings (SSSR count). The van der Waals surface area contributed by atoms with Crippen LogP contribution in [0.4, 0.5) is 4.39 Å². The van der Waals surface area contributed by atoms with Gasteiger partial charge in [0.05, 0.1) is 18.4 Å². The zero-order valence-electron chi connectivity index (χ0n) is 9.34. The van der Waals surface area contributed by atoms with Crippen molar-refractivity contribution in [2.45, 2.75) is 13.5 Å². The third-order valence-electron chi connectivity index (χ3n) is 2.46. The van der Waals surface area contributed by atoms with E-state index in [0.717, 1.165) is 17.1 Å². The topological polar surface area (TPSA) is 40.7 Å². The van der Waals surface area contributed by atoms with Gasteiger partial charge in [-0.2, -0.15) is 0 Å². The van der Waals surface area contributed by atoms with E-state index < -0.39 is 0 Å². The van der Waals surface area contributed by atoms with Gasteiger partial charge in [0.25, 0.3) is 0 Å². The predicted octanol–water partition coefficient (Wildman–Crippen LogP) is 2.24. The molecule has 0 bridgehead atoms. The molecule has 0 fully saturated rings. The van der Waals surface area contributed by atoms with Crippen molar-refractivity contribution in [3.63, 3.8) is 0 Å². The molecular formula is C12H14FN3. The fourth-order valence-electron chi connectivity index (χ4n) is 1.53. The first kappa shape index (κ1) is 10.8. The maximum atomic E-state index is 13.4. The Morgan fingerprint density at radius 3 is 2.94 bits per heavy atom. The molecule has 2 N–H and O–H groups in total. The van der Waals surface area contributed by atoms with E-state index >= 15 is 0 Å². The average molecular weight is 219 g/mol. The van der Waals surface area contributed by atoms with Gasteiger partial charge in [0.1, 0.15) is 11.6 Å². The summed E-state index contributed by atoms with van der Waals surface area (Å²) in [5, 5.41) is 3.00. The Balaban J connectivity index is 2.31. The van der Waals surface area contributed by atoms with Crippen LogP contribution in [0.5, 0.6) is 0 Å². The van der Waals surface area contributed by atoms with Crippen LogP contribution < -0.4 is 5.32 Å². The van der Waals surface area contributed by atoms with Crippen LogP contribution in [0.3, 0.4) is 0 Å². The molecule has 0 aliphatic carbocycles. The Morgan fingerprint density at radius 1 is 1.44 bits per heavy atom. The van der Waals surface area contributed by atoms with Crippen LogP contribution in [0, 0.1) is 12.7 Å². The van der Waals surface area contributed by atoms with E-state index in [1.165, 1.54) is 6.07 Å². The highest BCUT2D eigenvalue weighted by Crippen LogP contribution is 2.19. The molecule has 0 amide bonds. The smallest absolute Gasteiger partial charge is 0.126 e. The number of nitrogens with zero attached hydrogens (tertiary/aromatic N) is 1. The number of hydrogen-bond acceptors (Lipinski definition) is 2. The molecule has 0 saturated carbocycles. The lowest BCUT2D eigenvalue weighted by atomic mass is 10.1. The molecule has 1 heterocycles. The van der Waals surface area contributed by atoms with Gasteiger partial charge in [0, 0.05) is 5.56 Å². The molecule has 0 atom stereocenters. The Hall–Kier alpha value is -1.68. The van der Waals surface area contributed by atoms with Crippen LogP contribution in [0.1, 0.15) is 11.4 Å². The van der Waals surface area contributed by atoms with Crippen LogP contribution in [-0.2, 0) is 6.54 Å². The summed E-state index contributed by atoms with van der Waals surface area (Å²) in [6.07, 6.45) is 1.72. The molecule has 16 heavy (non-hydrogen) atoms. The monoisotopic (exact) mass is 219 g/mol. The first-order chi connectivity index (χ1) is 7.70. The highest BCUT2D eigenvalue weighted by molar-refractivity contribution is 5.59. The van der Waals surface area contributed by atoms with Gasteiger partial charge in [-0.3, -0.25) is 0 Å². The van der Waals surface area contributed by atoms with Gasteiger partial charge in [-0.1, -0.05) is 12.1 Å². The van der Waals surface area contributed by atoms with E-state index in [1.54, 1.807) is 19.2 Å². The Kier molecular flexibility index (Phi) is 3.01. The van der Waals surface area contributed by atoms with E-state index in [0.29, 0.717) is 12.1 Å². The second-order valence-corrected chi connectivity index (χ2v) is 3.74. The average Bonchev–Trinajstić information content (AvgIpc) is 2.71. The molecule has 1 aromatic carbocycles. The van der Waals surface area contributed by atoms with Crippen molar-refractivity contribution in [2.75, 3.05) is 7.05 Å². The number of H-pyrrole nitrogens is 1. The SMILES string of the molecule is CNCc1ncc(-c2ccc(C)c(F)c2)[nH]1. The number of halogens is 1. The maximum Gasteiger partial charge on any atom is 0.126 e. The number of aryl methyl sites for hydroxylation is 1. The number of aromatic nitrogens is 2. The van der Waals surface area contributed by atoms with E-state index in [4.69, 9.17) is 0 Å². The van der Waals surface area contributed by atoms with Crippen LogP contribution in [0.2, 0.25) is 0 Å². The summed E-state index contributed by atoms with van der Waals surface area (Å²) >= 11 is 0. The zero-order chi connectivity index (χ0) is 11.5. The molecule has 0 aliphatic rings. The number of aromatic amines is 1. The minimum Gasteiger partial charge on any atom is -0.341 e. The molecular weight excluding hydrogens is 205 g/mol. The molecule has 0 unspecified atom stereocenters. The fourth-order valence-corrected chi connectivity index (χ4v) is 1.53. The zero-order valence-corrected chi connectivity index (χ0v) is 9.34. The van der Waals surface area contributed by atoms with E-state index in [-0.39, 0.29) is 5.82 Å². The molecule has 1 aromatic heterocycles. The van der Waals surface area contributed by atoms with Crippen molar-refractivity contribution in [1.29, 1.82) is 0 Å². The van der Waals surface area contributed by atoms with Gasteiger partial charge >= 0.3 is 0 Å². The van der Waals surface area contributed by atoms with Gasteiger partial charge in [-0.15, -0.1) is 0 Å². The minimum absolute atomic E-state index is 0.192. The first-order valence-electron chi connectivity index (χ1n) is 5.15. The van der Waals surface area contributed by atoms with Crippen LogP contribution in [0.25, 0.3) is 11.3 Å². The molecule has 2 aromatic rings. The molecule has 0 saturated heterocycles. The van der Waals surface area contributed by atoms with Crippen molar-refractivity contribution < 1.29 is 4.39 Å². The lowest BCUT2D eigenvalue weighted by molar-refractivity contribution is 0.619. The lowest BCUT2D eigenvalue weighted by Gasteiger charge is -2.00. The second kappa shape index (κ2) is 4.45. The summed E-state index contributed by atoms with van der Waals surface area (Å²) in [5.41, 5.74) is 2.31. The quantitative estimate of drug-likeness (QED) is 0.831. The Morgan fingerprint density at radius 2 is 2.25 bits per heavy atom. The van der Waals surface area contributed by atoms with E-state index in [1.807, 2.05) is 13.1 Å². The fraction of sp³-hybridized carbons (Fsp3) is 0.250. The first-order valence-corrected chi connectivity index (χ1v) is 5.15. The predicted molar refractivity (Wildman–Crippen MR) is 61.5 cm³/mol. The van der Waals surface area contributed by atoms with Crippen LogP contribution in [0.15, 0.2) is 24.4 Å². The molecule has 4 heteroatoms. The van der Waals surface area contributed by atoms with Gasteiger partial charge < -0.3 is 10.3 Å². The third-order valence-corrected chi connectivity index (χ3v) is 2.46. The van der Waals surface area contributed by atoms with Crippen molar-refractivity contribution in [1.82, 2.24) is 15.3 Å². The van der Waals surface area contributed by atoms with Crippen molar-refractivity contribution in [2.24, 2.45) is 0 Å². The summed E-state index contributed by atoms with van der Waals surface area (Å²) < 4.78 is 13.4. The number of benzene rings is 1. The Labute approximate surface area is 93.7 Å². The van der Waals surface area contributed by atoms with Gasteiger partial charge in [-0.25, -0.2) is 9.37 Å². The molecule has 0 aliphatic heterocycles. The molecule has 3 nitrogen and oxygen atoms in total. The summed E-state index contributed by atoms with van der Waals surface area (Å²) in [7, 11) is 1.85. The largest absolute Gasteiger partial charge is 0.341 e. The van der Waals surface area contributed by atoms with Crippen molar-refractivity contribution in [3.8, 4) is 11.3 Å². The summed E-state index contributed by atoms with van der Waals surface area (Å²) in [6.45, 7) is 2.42. The van der Waals surface area contributed by atoms with E-state index in [9.17, 15) is 4.39 Å². The van der Waals surface area contributed by atoms with Gasteiger partial charge in [-0.05, 0) is 25.6 Å². The number of imidazole rings is 1. The lowest BCUT2D eigenvalue weighted by Crippen LogP contribution is -2.06. The molecule has 0 spiro atoms. The second-order valence-electron chi connectivity index (χ2n) is 3.74.